The zero-order valence-electron chi connectivity index (χ0n) is 19.4. The van der Waals surface area contributed by atoms with E-state index in [1.807, 2.05) is 30.3 Å². The third-order valence-electron chi connectivity index (χ3n) is 5.58. The number of nitrogens with zero attached hydrogens (tertiary/aromatic N) is 1. The average molecular weight is 525 g/mol. The fraction of sp³-hybridized carbons (Fsp3) is 0.148. The molecule has 4 rings (SSSR count). The predicted molar refractivity (Wildman–Crippen MR) is 138 cm³/mol. The maximum Gasteiger partial charge on any atom is 0.412 e. The van der Waals surface area contributed by atoms with Gasteiger partial charge < -0.3 is 14.4 Å². The SMILES string of the molecule is Cc1onc(-c2ccc(-c3ccc(CC(=O)O)cc3)c(Cl)c2)c1NC(=O)O[C@H](C)c1ccccc1Cl. The number of anilines is 1. The summed E-state index contributed by atoms with van der Waals surface area (Å²) in [4.78, 5) is 23.5. The molecule has 36 heavy (non-hydrogen) atoms. The van der Waals surface area contributed by atoms with Gasteiger partial charge in [0.05, 0.1) is 6.42 Å². The van der Waals surface area contributed by atoms with Crippen molar-refractivity contribution in [2.75, 3.05) is 5.32 Å². The Kier molecular flexibility index (Phi) is 7.62. The number of carboxylic acid groups (broad SMARTS) is 1. The van der Waals surface area contributed by atoms with Crippen molar-refractivity contribution in [2.45, 2.75) is 26.4 Å². The first-order valence-electron chi connectivity index (χ1n) is 11.0. The molecule has 9 heteroatoms. The van der Waals surface area contributed by atoms with E-state index < -0.39 is 18.2 Å². The van der Waals surface area contributed by atoms with Crippen LogP contribution in [0.5, 0.6) is 0 Å². The summed E-state index contributed by atoms with van der Waals surface area (Å²) < 4.78 is 10.8. The molecule has 0 saturated carbocycles. The van der Waals surface area contributed by atoms with Crippen molar-refractivity contribution in [1.29, 1.82) is 0 Å². The Morgan fingerprint density at radius 1 is 1.03 bits per heavy atom. The first kappa shape index (κ1) is 25.3. The van der Waals surface area contributed by atoms with Gasteiger partial charge in [-0.3, -0.25) is 10.1 Å². The van der Waals surface area contributed by atoms with Crippen molar-refractivity contribution in [2.24, 2.45) is 0 Å². The number of rotatable bonds is 7. The number of aliphatic carboxylic acids is 1. The van der Waals surface area contributed by atoms with Crippen molar-refractivity contribution < 1.29 is 24.0 Å². The second kappa shape index (κ2) is 10.8. The molecule has 184 valence electrons. The van der Waals surface area contributed by atoms with Crippen LogP contribution in [0.1, 0.15) is 29.9 Å². The number of carbonyl (C=O) groups excluding carboxylic acids is 1. The van der Waals surface area contributed by atoms with Gasteiger partial charge in [-0.05, 0) is 37.1 Å². The lowest BCUT2D eigenvalue weighted by molar-refractivity contribution is -0.136. The Hall–Kier alpha value is -3.81. The molecule has 4 aromatic rings. The fourth-order valence-electron chi connectivity index (χ4n) is 3.75. The highest BCUT2D eigenvalue weighted by atomic mass is 35.5. The molecule has 1 aromatic heterocycles. The van der Waals surface area contributed by atoms with Gasteiger partial charge in [-0.15, -0.1) is 0 Å². The van der Waals surface area contributed by atoms with E-state index in [1.165, 1.54) is 0 Å². The van der Waals surface area contributed by atoms with Crippen LogP contribution in [-0.4, -0.2) is 22.3 Å². The lowest BCUT2D eigenvalue weighted by Crippen LogP contribution is -2.17. The number of hydrogen-bond acceptors (Lipinski definition) is 5. The number of aromatic nitrogens is 1. The number of benzene rings is 3. The highest BCUT2D eigenvalue weighted by Crippen LogP contribution is 2.36. The number of halogens is 2. The summed E-state index contributed by atoms with van der Waals surface area (Å²) in [5.41, 5.74) is 4.40. The lowest BCUT2D eigenvalue weighted by Gasteiger charge is -2.15. The molecule has 0 fully saturated rings. The molecule has 1 amide bonds. The van der Waals surface area contributed by atoms with Crippen molar-refractivity contribution >= 4 is 41.0 Å². The number of amides is 1. The highest BCUT2D eigenvalue weighted by Gasteiger charge is 2.21. The highest BCUT2D eigenvalue weighted by molar-refractivity contribution is 6.33. The Bertz CT molecular complexity index is 1420. The normalized spacial score (nSPS) is 11.7. The largest absolute Gasteiger partial charge is 0.481 e. The Morgan fingerprint density at radius 2 is 1.72 bits per heavy atom. The van der Waals surface area contributed by atoms with E-state index in [9.17, 15) is 9.59 Å². The quantitative estimate of drug-likeness (QED) is 0.258. The lowest BCUT2D eigenvalue weighted by atomic mass is 10.0. The summed E-state index contributed by atoms with van der Waals surface area (Å²) in [6.45, 7) is 3.41. The van der Waals surface area contributed by atoms with Gasteiger partial charge in [0.1, 0.15) is 17.5 Å². The maximum atomic E-state index is 12.6. The number of ether oxygens (including phenoxy) is 1. The molecular formula is C27H22Cl2N2O5. The number of aryl methyl sites for hydroxylation is 1. The molecule has 7 nitrogen and oxygen atoms in total. The molecule has 0 aliphatic carbocycles. The number of carbonyl (C=O) groups is 2. The molecule has 0 unspecified atom stereocenters. The first-order valence-corrected chi connectivity index (χ1v) is 11.8. The zero-order valence-corrected chi connectivity index (χ0v) is 20.9. The van der Waals surface area contributed by atoms with Crippen LogP contribution in [0, 0.1) is 6.92 Å². The van der Waals surface area contributed by atoms with Crippen molar-refractivity contribution in [1.82, 2.24) is 5.16 Å². The van der Waals surface area contributed by atoms with Gasteiger partial charge in [0.15, 0.2) is 5.76 Å². The third kappa shape index (κ3) is 5.70. The molecule has 0 spiro atoms. The standard InChI is InChI=1S/C27H22Cl2N2O5/c1-15(20-5-3-4-6-22(20)28)35-27(34)30-25-16(2)36-31-26(25)19-11-12-21(23(29)14-19)18-9-7-17(8-10-18)13-24(32)33/h3-12,14-15H,13H2,1-2H3,(H,30,34)(H,32,33)/t15-/m1/s1. The first-order chi connectivity index (χ1) is 17.2. The molecular weight excluding hydrogens is 503 g/mol. The molecule has 0 aliphatic heterocycles. The second-order valence-corrected chi connectivity index (χ2v) is 8.93. The topological polar surface area (TPSA) is 102 Å². The van der Waals surface area contributed by atoms with Gasteiger partial charge in [-0.25, -0.2) is 4.79 Å². The van der Waals surface area contributed by atoms with E-state index in [1.54, 1.807) is 50.2 Å². The van der Waals surface area contributed by atoms with Gasteiger partial charge in [-0.1, -0.05) is 83.0 Å². The Labute approximate surface area is 217 Å². The minimum atomic E-state index is -0.889. The van der Waals surface area contributed by atoms with E-state index in [0.717, 1.165) is 11.1 Å². The number of nitrogens with one attached hydrogen (secondary N) is 1. The van der Waals surface area contributed by atoms with Crippen LogP contribution in [0.3, 0.4) is 0 Å². The molecule has 0 radical (unpaired) electrons. The average Bonchev–Trinajstić information content (AvgIpc) is 3.19. The summed E-state index contributed by atoms with van der Waals surface area (Å²) in [6.07, 6.45) is -1.30. The summed E-state index contributed by atoms with van der Waals surface area (Å²) >= 11 is 12.8. The summed E-state index contributed by atoms with van der Waals surface area (Å²) in [7, 11) is 0. The van der Waals surface area contributed by atoms with Crippen LogP contribution in [0.2, 0.25) is 10.0 Å². The fourth-order valence-corrected chi connectivity index (χ4v) is 4.33. The molecule has 0 saturated heterocycles. The van der Waals surface area contributed by atoms with E-state index in [2.05, 4.69) is 10.5 Å². The Balaban J connectivity index is 1.53. The molecule has 0 aliphatic rings. The molecule has 1 atom stereocenters. The van der Waals surface area contributed by atoms with Crippen LogP contribution in [0.25, 0.3) is 22.4 Å². The molecule has 0 bridgehead atoms. The maximum absolute atomic E-state index is 12.6. The van der Waals surface area contributed by atoms with E-state index >= 15 is 0 Å². The van der Waals surface area contributed by atoms with Crippen LogP contribution in [0.15, 0.2) is 71.3 Å². The van der Waals surface area contributed by atoms with E-state index in [0.29, 0.717) is 43.9 Å². The van der Waals surface area contributed by atoms with Crippen LogP contribution < -0.4 is 5.32 Å². The summed E-state index contributed by atoms with van der Waals surface area (Å²) in [5.74, 6) is -0.485. The van der Waals surface area contributed by atoms with Gasteiger partial charge >= 0.3 is 12.1 Å². The predicted octanol–water partition coefficient (Wildman–Crippen LogP) is 7.56. The van der Waals surface area contributed by atoms with Gasteiger partial charge in [0.25, 0.3) is 0 Å². The Morgan fingerprint density at radius 3 is 2.39 bits per heavy atom. The minimum absolute atomic E-state index is 0.0478. The van der Waals surface area contributed by atoms with Crippen molar-refractivity contribution in [3.05, 3.63) is 93.7 Å². The molecule has 3 aromatic carbocycles. The van der Waals surface area contributed by atoms with Crippen molar-refractivity contribution in [3.63, 3.8) is 0 Å². The van der Waals surface area contributed by atoms with Crippen LogP contribution >= 0.6 is 23.2 Å². The monoisotopic (exact) mass is 524 g/mol. The van der Waals surface area contributed by atoms with Crippen LogP contribution in [0.4, 0.5) is 10.5 Å². The van der Waals surface area contributed by atoms with Crippen molar-refractivity contribution in [3.8, 4) is 22.4 Å². The number of carboxylic acids is 1. The minimum Gasteiger partial charge on any atom is -0.481 e. The van der Waals surface area contributed by atoms with Gasteiger partial charge in [-0.2, -0.15) is 0 Å². The van der Waals surface area contributed by atoms with E-state index in [4.69, 9.17) is 37.6 Å². The van der Waals surface area contributed by atoms with Crippen LogP contribution in [-0.2, 0) is 16.0 Å². The summed E-state index contributed by atoms with van der Waals surface area (Å²) in [5, 5.41) is 16.7. The van der Waals surface area contributed by atoms with E-state index in [-0.39, 0.29) is 6.42 Å². The molecule has 1 heterocycles. The number of hydrogen-bond donors (Lipinski definition) is 2. The zero-order chi connectivity index (χ0) is 25.8. The summed E-state index contributed by atoms with van der Waals surface area (Å²) in [6, 6.07) is 19.7. The molecule has 2 N–H and O–H groups in total. The smallest absolute Gasteiger partial charge is 0.412 e. The third-order valence-corrected chi connectivity index (χ3v) is 6.24. The van der Waals surface area contributed by atoms with Gasteiger partial charge in [0, 0.05) is 26.7 Å². The second-order valence-electron chi connectivity index (χ2n) is 8.12. The van der Waals surface area contributed by atoms with Gasteiger partial charge in [0.2, 0.25) is 0 Å².